The van der Waals surface area contributed by atoms with Crippen LogP contribution in [0.2, 0.25) is 0 Å². The Kier molecular flexibility index (Phi) is 2.54. The van der Waals surface area contributed by atoms with Gasteiger partial charge >= 0.3 is 0 Å². The van der Waals surface area contributed by atoms with Crippen LogP contribution in [0.25, 0.3) is 16.1 Å². The minimum atomic E-state index is 0.177. The fourth-order valence-corrected chi connectivity index (χ4v) is 1.22. The number of fused-ring (bicyclic) bond motifs is 1. The van der Waals surface area contributed by atoms with Gasteiger partial charge in [-0.3, -0.25) is 4.40 Å². The number of aromatic nitrogens is 2. The summed E-state index contributed by atoms with van der Waals surface area (Å²) in [5.74, 6) is 5.64. The van der Waals surface area contributed by atoms with Crippen LogP contribution in [0.3, 0.4) is 0 Å². The summed E-state index contributed by atoms with van der Waals surface area (Å²) in [5.41, 5.74) is 9.71. The summed E-state index contributed by atoms with van der Waals surface area (Å²) in [6, 6.07) is 5.73. The first-order chi connectivity index (χ1) is 7.42. The zero-order valence-corrected chi connectivity index (χ0v) is 7.83. The molecular formula is C10H7N5. The Morgan fingerprint density at radius 2 is 2.47 bits per heavy atom. The molecule has 0 radical (unpaired) electrons. The third kappa shape index (κ3) is 1.90. The van der Waals surface area contributed by atoms with Gasteiger partial charge < -0.3 is 0 Å². The van der Waals surface area contributed by atoms with Crippen LogP contribution in [0, 0.1) is 11.8 Å². The largest absolute Gasteiger partial charge is 0.293 e. The van der Waals surface area contributed by atoms with Crippen molar-refractivity contribution < 1.29 is 0 Å². The van der Waals surface area contributed by atoms with E-state index in [4.69, 9.17) is 5.53 Å². The summed E-state index contributed by atoms with van der Waals surface area (Å²) < 4.78 is 1.88. The molecule has 15 heavy (non-hydrogen) atoms. The van der Waals surface area contributed by atoms with Crippen molar-refractivity contribution in [1.82, 2.24) is 9.38 Å². The van der Waals surface area contributed by atoms with Crippen molar-refractivity contribution in [2.75, 3.05) is 6.54 Å². The highest BCUT2D eigenvalue weighted by molar-refractivity contribution is 5.44. The highest BCUT2D eigenvalue weighted by atomic mass is 15.1. The fourth-order valence-electron chi connectivity index (χ4n) is 1.22. The molecule has 2 heterocycles. The third-order valence-electron chi connectivity index (χ3n) is 1.85. The molecule has 0 aromatic carbocycles. The molecule has 5 heteroatoms. The van der Waals surface area contributed by atoms with Gasteiger partial charge in [-0.05, 0) is 23.6 Å². The van der Waals surface area contributed by atoms with Gasteiger partial charge in [0.2, 0.25) is 0 Å². The first-order valence-electron chi connectivity index (χ1n) is 4.33. The SMILES string of the molecule is [N-]=[N+]=NCC#Cc1cnc2ccccn12. The molecule has 0 N–H and O–H groups in total. The Morgan fingerprint density at radius 3 is 3.33 bits per heavy atom. The molecule has 0 saturated carbocycles. The summed E-state index contributed by atoms with van der Waals surface area (Å²) >= 11 is 0. The van der Waals surface area contributed by atoms with Gasteiger partial charge in [-0.2, -0.15) is 0 Å². The fraction of sp³-hybridized carbons (Fsp3) is 0.100. The van der Waals surface area contributed by atoms with Gasteiger partial charge in [0.15, 0.2) is 0 Å². The van der Waals surface area contributed by atoms with Crippen LogP contribution in [0.1, 0.15) is 5.69 Å². The molecule has 5 nitrogen and oxygen atoms in total. The van der Waals surface area contributed by atoms with Crippen LogP contribution in [0.5, 0.6) is 0 Å². The first-order valence-corrected chi connectivity index (χ1v) is 4.33. The monoisotopic (exact) mass is 197 g/mol. The van der Waals surface area contributed by atoms with Crippen molar-refractivity contribution in [2.24, 2.45) is 5.11 Å². The minimum absolute atomic E-state index is 0.177. The third-order valence-corrected chi connectivity index (χ3v) is 1.85. The minimum Gasteiger partial charge on any atom is -0.293 e. The van der Waals surface area contributed by atoms with Crippen LogP contribution in [0.15, 0.2) is 35.7 Å². The second-order valence-electron chi connectivity index (χ2n) is 2.76. The summed E-state index contributed by atoms with van der Waals surface area (Å²) in [6.07, 6.45) is 3.58. The second-order valence-corrected chi connectivity index (χ2v) is 2.76. The molecule has 0 aliphatic rings. The Labute approximate surface area is 86.0 Å². The van der Waals surface area contributed by atoms with Gasteiger partial charge in [-0.15, -0.1) is 0 Å². The predicted molar refractivity (Wildman–Crippen MR) is 56.1 cm³/mol. The molecule has 0 fully saturated rings. The molecular weight excluding hydrogens is 190 g/mol. The number of pyridine rings is 1. The Hall–Kier alpha value is -2.44. The summed E-state index contributed by atoms with van der Waals surface area (Å²) in [5, 5.41) is 3.33. The quantitative estimate of drug-likeness (QED) is 0.298. The number of hydrogen-bond acceptors (Lipinski definition) is 2. The molecule has 0 atom stereocenters. The van der Waals surface area contributed by atoms with Gasteiger partial charge in [-0.25, -0.2) is 4.98 Å². The summed E-state index contributed by atoms with van der Waals surface area (Å²) in [4.78, 5) is 6.79. The van der Waals surface area contributed by atoms with Crippen LogP contribution in [0.4, 0.5) is 0 Å². The highest BCUT2D eigenvalue weighted by Gasteiger charge is 1.96. The molecule has 0 spiro atoms. The number of hydrogen-bond donors (Lipinski definition) is 0. The van der Waals surface area contributed by atoms with Gasteiger partial charge in [0, 0.05) is 11.1 Å². The molecule has 0 bridgehead atoms. The predicted octanol–water partition coefficient (Wildman–Crippen LogP) is 2.00. The van der Waals surface area contributed by atoms with E-state index in [0.717, 1.165) is 11.3 Å². The van der Waals surface area contributed by atoms with Crippen molar-refractivity contribution in [1.29, 1.82) is 0 Å². The Balaban J connectivity index is 2.35. The number of nitrogens with zero attached hydrogens (tertiary/aromatic N) is 5. The molecule has 72 valence electrons. The molecule has 0 amide bonds. The Morgan fingerprint density at radius 1 is 1.53 bits per heavy atom. The highest BCUT2D eigenvalue weighted by Crippen LogP contribution is 2.03. The number of rotatable bonds is 1. The maximum absolute atomic E-state index is 8.07. The molecule has 0 saturated heterocycles. The zero-order valence-electron chi connectivity index (χ0n) is 7.83. The maximum Gasteiger partial charge on any atom is 0.137 e. The van der Waals surface area contributed by atoms with Crippen LogP contribution < -0.4 is 0 Å². The molecule has 2 aromatic rings. The maximum atomic E-state index is 8.07. The lowest BCUT2D eigenvalue weighted by Crippen LogP contribution is -1.86. The zero-order chi connectivity index (χ0) is 10.5. The van der Waals surface area contributed by atoms with E-state index < -0.39 is 0 Å². The van der Waals surface area contributed by atoms with E-state index in [1.165, 1.54) is 0 Å². The van der Waals surface area contributed by atoms with E-state index in [1.54, 1.807) is 6.20 Å². The smallest absolute Gasteiger partial charge is 0.137 e. The lowest BCUT2D eigenvalue weighted by Gasteiger charge is -1.91. The Bertz CT molecular complexity index is 580. The van der Waals surface area contributed by atoms with Crippen LogP contribution >= 0.6 is 0 Å². The molecule has 2 aromatic heterocycles. The van der Waals surface area contributed by atoms with Gasteiger partial charge in [0.05, 0.1) is 12.7 Å². The summed E-state index contributed by atoms with van der Waals surface area (Å²) in [7, 11) is 0. The molecule has 0 aliphatic heterocycles. The standard InChI is InChI=1S/C10H7N5/c11-14-13-6-3-4-9-8-12-10-5-1-2-7-15(9)10/h1-2,5,7-8H,6H2. The number of imidazole rings is 1. The van der Waals surface area contributed by atoms with E-state index in [0.29, 0.717) is 0 Å². The van der Waals surface area contributed by atoms with E-state index in [9.17, 15) is 0 Å². The van der Waals surface area contributed by atoms with Gasteiger partial charge in [0.1, 0.15) is 11.3 Å². The molecule has 0 unspecified atom stereocenters. The molecule has 2 rings (SSSR count). The average Bonchev–Trinajstić information content (AvgIpc) is 2.68. The summed E-state index contributed by atoms with van der Waals surface area (Å²) in [6.45, 7) is 0.177. The van der Waals surface area contributed by atoms with Crippen LogP contribution in [-0.2, 0) is 0 Å². The topological polar surface area (TPSA) is 66.1 Å². The van der Waals surface area contributed by atoms with E-state index in [1.807, 2.05) is 28.8 Å². The second kappa shape index (κ2) is 4.18. The van der Waals surface area contributed by atoms with Gasteiger partial charge in [-0.1, -0.05) is 17.1 Å². The molecule has 0 aliphatic carbocycles. The van der Waals surface area contributed by atoms with Crippen molar-refractivity contribution in [2.45, 2.75) is 0 Å². The van der Waals surface area contributed by atoms with Crippen LogP contribution in [-0.4, -0.2) is 15.9 Å². The van der Waals surface area contributed by atoms with E-state index >= 15 is 0 Å². The van der Waals surface area contributed by atoms with Crippen molar-refractivity contribution in [3.63, 3.8) is 0 Å². The van der Waals surface area contributed by atoms with E-state index in [-0.39, 0.29) is 6.54 Å². The first kappa shape index (κ1) is 9.13. The number of azide groups is 1. The lowest BCUT2D eigenvalue weighted by atomic mass is 10.4. The average molecular weight is 197 g/mol. The normalized spacial score (nSPS) is 9.07. The van der Waals surface area contributed by atoms with Gasteiger partial charge in [0.25, 0.3) is 0 Å². The van der Waals surface area contributed by atoms with Crippen molar-refractivity contribution in [3.05, 3.63) is 46.7 Å². The van der Waals surface area contributed by atoms with E-state index in [2.05, 4.69) is 26.9 Å². The lowest BCUT2D eigenvalue weighted by molar-refractivity contribution is 1.16. The van der Waals surface area contributed by atoms with Crippen molar-refractivity contribution >= 4 is 5.65 Å². The van der Waals surface area contributed by atoms with Crippen molar-refractivity contribution in [3.8, 4) is 11.8 Å².